The van der Waals surface area contributed by atoms with Crippen LogP contribution in [0, 0.1) is 0 Å². The standard InChI is InChI=1S/C19H20ClN3O5/c1-28-19(27)15-8-14-16(10-23(15)17(24)6-7-18(25)26)22(11-21-14)9-12-2-4-13(20)5-3-12/h2-5,11,15H,6-10H2,1H3,(H,25,26)/t15-/m1/s1. The van der Waals surface area contributed by atoms with E-state index >= 15 is 0 Å². The van der Waals surface area contributed by atoms with Gasteiger partial charge >= 0.3 is 11.9 Å². The van der Waals surface area contributed by atoms with Crippen LogP contribution in [0.3, 0.4) is 0 Å². The van der Waals surface area contributed by atoms with E-state index in [2.05, 4.69) is 4.98 Å². The molecule has 0 saturated carbocycles. The Balaban J connectivity index is 1.85. The molecule has 1 aromatic carbocycles. The van der Waals surface area contributed by atoms with Crippen LogP contribution in [0.25, 0.3) is 0 Å². The topological polar surface area (TPSA) is 102 Å². The predicted molar refractivity (Wildman–Crippen MR) is 99.7 cm³/mol. The first kappa shape index (κ1) is 19.9. The zero-order valence-electron chi connectivity index (χ0n) is 15.3. The van der Waals surface area contributed by atoms with Crippen molar-refractivity contribution in [3.05, 3.63) is 52.6 Å². The van der Waals surface area contributed by atoms with Gasteiger partial charge in [0.15, 0.2) is 0 Å². The van der Waals surface area contributed by atoms with E-state index in [-0.39, 0.29) is 25.8 Å². The number of halogens is 1. The molecule has 28 heavy (non-hydrogen) atoms. The van der Waals surface area contributed by atoms with Gasteiger partial charge in [0.25, 0.3) is 0 Å². The highest BCUT2D eigenvalue weighted by atomic mass is 35.5. The molecule has 0 aliphatic carbocycles. The number of benzene rings is 1. The molecule has 0 bridgehead atoms. The number of imidazole rings is 1. The van der Waals surface area contributed by atoms with Crippen LogP contribution in [0.2, 0.25) is 5.02 Å². The molecule has 0 fully saturated rings. The molecule has 2 aromatic rings. The Labute approximate surface area is 166 Å². The molecule has 1 aliphatic heterocycles. The number of rotatable bonds is 6. The van der Waals surface area contributed by atoms with Crippen LogP contribution >= 0.6 is 11.6 Å². The van der Waals surface area contributed by atoms with E-state index in [4.69, 9.17) is 21.4 Å². The zero-order valence-corrected chi connectivity index (χ0v) is 16.1. The number of hydrogen-bond donors (Lipinski definition) is 1. The number of amides is 1. The number of methoxy groups -OCH3 is 1. The first-order valence-corrected chi connectivity index (χ1v) is 9.13. The number of carboxylic acid groups (broad SMARTS) is 1. The number of aromatic nitrogens is 2. The monoisotopic (exact) mass is 405 g/mol. The Morgan fingerprint density at radius 2 is 1.96 bits per heavy atom. The van der Waals surface area contributed by atoms with Gasteiger partial charge in [0, 0.05) is 24.4 Å². The van der Waals surface area contributed by atoms with E-state index in [9.17, 15) is 14.4 Å². The Morgan fingerprint density at radius 1 is 1.25 bits per heavy atom. The maximum absolute atomic E-state index is 12.6. The van der Waals surface area contributed by atoms with Gasteiger partial charge in [0.05, 0.1) is 37.8 Å². The molecule has 148 valence electrons. The lowest BCUT2D eigenvalue weighted by Crippen LogP contribution is -2.49. The summed E-state index contributed by atoms with van der Waals surface area (Å²) in [6.07, 6.45) is 1.44. The molecule has 0 radical (unpaired) electrons. The predicted octanol–water partition coefficient (Wildman–Crippen LogP) is 1.88. The fourth-order valence-electron chi connectivity index (χ4n) is 3.26. The SMILES string of the molecule is COC(=O)[C@H]1Cc2ncn(Cc3ccc(Cl)cc3)c2CN1C(=O)CCC(=O)O. The molecule has 0 unspecified atom stereocenters. The van der Waals surface area contributed by atoms with Crippen LogP contribution in [0.15, 0.2) is 30.6 Å². The summed E-state index contributed by atoms with van der Waals surface area (Å²) in [5.74, 6) is -2.00. The largest absolute Gasteiger partial charge is 0.481 e. The maximum atomic E-state index is 12.6. The summed E-state index contributed by atoms with van der Waals surface area (Å²) in [5.41, 5.74) is 2.56. The summed E-state index contributed by atoms with van der Waals surface area (Å²) in [5, 5.41) is 9.49. The number of aliphatic carboxylic acids is 1. The number of carbonyl (C=O) groups excluding carboxylic acids is 2. The second-order valence-electron chi connectivity index (χ2n) is 6.55. The minimum Gasteiger partial charge on any atom is -0.481 e. The van der Waals surface area contributed by atoms with E-state index in [1.54, 1.807) is 18.5 Å². The third-order valence-corrected chi connectivity index (χ3v) is 4.98. The average molecular weight is 406 g/mol. The molecule has 1 N–H and O–H groups in total. The second kappa shape index (κ2) is 8.43. The first-order chi connectivity index (χ1) is 13.4. The van der Waals surface area contributed by atoms with Gasteiger partial charge in [-0.05, 0) is 17.7 Å². The molecule has 1 atom stereocenters. The summed E-state index contributed by atoms with van der Waals surface area (Å²) in [4.78, 5) is 41.4. The van der Waals surface area contributed by atoms with Crippen molar-refractivity contribution < 1.29 is 24.2 Å². The molecule has 1 aromatic heterocycles. The fraction of sp³-hybridized carbons (Fsp3) is 0.368. The van der Waals surface area contributed by atoms with Crippen LogP contribution < -0.4 is 0 Å². The molecule has 0 spiro atoms. The maximum Gasteiger partial charge on any atom is 0.329 e. The van der Waals surface area contributed by atoms with Gasteiger partial charge in [-0.2, -0.15) is 0 Å². The van der Waals surface area contributed by atoms with Crippen LogP contribution in [0.4, 0.5) is 0 Å². The van der Waals surface area contributed by atoms with E-state index < -0.39 is 23.9 Å². The Bertz CT molecular complexity index is 893. The first-order valence-electron chi connectivity index (χ1n) is 8.75. The number of carboxylic acids is 1. The summed E-state index contributed by atoms with van der Waals surface area (Å²) in [7, 11) is 1.26. The molecule has 1 amide bonds. The van der Waals surface area contributed by atoms with E-state index in [0.29, 0.717) is 11.6 Å². The van der Waals surface area contributed by atoms with Crippen molar-refractivity contribution in [2.45, 2.75) is 38.4 Å². The number of fused-ring (bicyclic) bond motifs is 1. The summed E-state index contributed by atoms with van der Waals surface area (Å²) in [6.45, 7) is 0.709. The van der Waals surface area contributed by atoms with Crippen LogP contribution in [0.1, 0.15) is 29.8 Å². The minimum absolute atomic E-state index is 0.168. The number of esters is 1. The van der Waals surface area contributed by atoms with Crippen molar-refractivity contribution in [2.75, 3.05) is 7.11 Å². The lowest BCUT2D eigenvalue weighted by molar-refractivity contribution is -0.154. The van der Waals surface area contributed by atoms with Crippen molar-refractivity contribution in [3.8, 4) is 0 Å². The zero-order chi connectivity index (χ0) is 20.3. The van der Waals surface area contributed by atoms with E-state index in [1.165, 1.54) is 12.0 Å². The van der Waals surface area contributed by atoms with Gasteiger partial charge < -0.3 is 19.3 Å². The second-order valence-corrected chi connectivity index (χ2v) is 6.99. The van der Waals surface area contributed by atoms with Gasteiger partial charge in [-0.1, -0.05) is 23.7 Å². The molecular formula is C19H20ClN3O5. The number of ether oxygens (including phenoxy) is 1. The van der Waals surface area contributed by atoms with Crippen LogP contribution in [-0.4, -0.2) is 50.6 Å². The van der Waals surface area contributed by atoms with E-state index in [1.807, 2.05) is 16.7 Å². The van der Waals surface area contributed by atoms with Gasteiger partial charge in [0.2, 0.25) is 5.91 Å². The van der Waals surface area contributed by atoms with Crippen molar-refractivity contribution in [1.82, 2.24) is 14.5 Å². The van der Waals surface area contributed by atoms with Crippen molar-refractivity contribution in [3.63, 3.8) is 0 Å². The lowest BCUT2D eigenvalue weighted by atomic mass is 10.0. The summed E-state index contributed by atoms with van der Waals surface area (Å²) in [6, 6.07) is 6.61. The number of hydrogen-bond acceptors (Lipinski definition) is 5. The molecule has 9 heteroatoms. The third kappa shape index (κ3) is 4.33. The van der Waals surface area contributed by atoms with Crippen molar-refractivity contribution >= 4 is 29.4 Å². The highest BCUT2D eigenvalue weighted by Gasteiger charge is 2.37. The molecule has 1 aliphatic rings. The Morgan fingerprint density at radius 3 is 2.61 bits per heavy atom. The summed E-state index contributed by atoms with van der Waals surface area (Å²) >= 11 is 5.93. The van der Waals surface area contributed by atoms with E-state index in [0.717, 1.165) is 17.0 Å². The normalized spacial score (nSPS) is 15.8. The third-order valence-electron chi connectivity index (χ3n) is 4.73. The van der Waals surface area contributed by atoms with Crippen molar-refractivity contribution in [2.24, 2.45) is 0 Å². The number of carbonyl (C=O) groups is 3. The summed E-state index contributed by atoms with van der Waals surface area (Å²) < 4.78 is 6.75. The molecule has 0 saturated heterocycles. The minimum atomic E-state index is -1.06. The average Bonchev–Trinajstić information content (AvgIpc) is 3.08. The molecule has 3 rings (SSSR count). The quantitative estimate of drug-likeness (QED) is 0.736. The highest BCUT2D eigenvalue weighted by molar-refractivity contribution is 6.30. The van der Waals surface area contributed by atoms with Gasteiger partial charge in [-0.25, -0.2) is 9.78 Å². The fourth-order valence-corrected chi connectivity index (χ4v) is 3.38. The van der Waals surface area contributed by atoms with Gasteiger partial charge in [0.1, 0.15) is 6.04 Å². The van der Waals surface area contributed by atoms with Gasteiger partial charge in [-0.3, -0.25) is 9.59 Å². The molecule has 2 heterocycles. The van der Waals surface area contributed by atoms with Crippen molar-refractivity contribution in [1.29, 1.82) is 0 Å². The van der Waals surface area contributed by atoms with Gasteiger partial charge in [-0.15, -0.1) is 0 Å². The number of nitrogens with zero attached hydrogens (tertiary/aromatic N) is 3. The molecular weight excluding hydrogens is 386 g/mol. The Hall–Kier alpha value is -2.87. The Kier molecular flexibility index (Phi) is 5.99. The smallest absolute Gasteiger partial charge is 0.329 e. The van der Waals surface area contributed by atoms with Crippen LogP contribution in [0.5, 0.6) is 0 Å². The van der Waals surface area contributed by atoms with Crippen LogP contribution in [-0.2, 0) is 38.6 Å². The highest BCUT2D eigenvalue weighted by Crippen LogP contribution is 2.25. The molecule has 8 nitrogen and oxygen atoms in total. The lowest BCUT2D eigenvalue weighted by Gasteiger charge is -2.34.